The van der Waals surface area contributed by atoms with Crippen LogP contribution in [0.25, 0.3) is 10.8 Å². The summed E-state index contributed by atoms with van der Waals surface area (Å²) in [7, 11) is 0. The minimum atomic E-state index is 0.740. The Hall–Kier alpha value is -1.30. The molecular weight excluding hydrogens is 336 g/mol. The van der Waals surface area contributed by atoms with E-state index in [0.717, 1.165) is 5.92 Å². The Bertz CT molecular complexity index is 621. The minimum Gasteiger partial charge on any atom is -0.0654 e. The van der Waals surface area contributed by atoms with E-state index in [-0.39, 0.29) is 0 Å². The highest BCUT2D eigenvalue weighted by Crippen LogP contribution is 2.33. The van der Waals surface area contributed by atoms with Crippen molar-refractivity contribution in [1.29, 1.82) is 0 Å². The van der Waals surface area contributed by atoms with E-state index in [1.807, 2.05) is 0 Å². The number of hydrogen-bond donors (Lipinski definition) is 0. The molecule has 0 aliphatic carbocycles. The molecule has 2 rings (SSSR count). The SMILES string of the molecule is CCCCCCCCCCCCCC(CCCC)c1cccc2ccccc12. The molecule has 0 aliphatic rings. The molecule has 0 aromatic heterocycles. The van der Waals surface area contributed by atoms with Gasteiger partial charge in [0, 0.05) is 0 Å². The Kier molecular flexibility index (Phi) is 12.0. The molecule has 0 amide bonds. The van der Waals surface area contributed by atoms with Crippen LogP contribution in [0.5, 0.6) is 0 Å². The molecule has 1 atom stereocenters. The summed E-state index contributed by atoms with van der Waals surface area (Å²) in [5.41, 5.74) is 1.60. The molecule has 0 bridgehead atoms. The van der Waals surface area contributed by atoms with Crippen LogP contribution in [-0.2, 0) is 0 Å². The molecule has 0 aliphatic heterocycles. The van der Waals surface area contributed by atoms with Gasteiger partial charge in [-0.1, -0.05) is 140 Å². The van der Waals surface area contributed by atoms with Gasteiger partial charge in [-0.25, -0.2) is 0 Å². The van der Waals surface area contributed by atoms with E-state index in [9.17, 15) is 0 Å². The van der Waals surface area contributed by atoms with Crippen molar-refractivity contribution in [3.05, 3.63) is 48.0 Å². The van der Waals surface area contributed by atoms with Gasteiger partial charge in [0.25, 0.3) is 0 Å². The fourth-order valence-corrected chi connectivity index (χ4v) is 4.57. The van der Waals surface area contributed by atoms with Crippen LogP contribution in [-0.4, -0.2) is 0 Å². The number of rotatable bonds is 16. The maximum Gasteiger partial charge on any atom is -0.0149 e. The fourth-order valence-electron chi connectivity index (χ4n) is 4.57. The number of benzene rings is 2. The Morgan fingerprint density at radius 3 is 1.75 bits per heavy atom. The molecule has 0 nitrogen and oxygen atoms in total. The average molecular weight is 381 g/mol. The topological polar surface area (TPSA) is 0 Å². The zero-order valence-electron chi connectivity index (χ0n) is 18.7. The molecule has 0 spiro atoms. The molecule has 156 valence electrons. The lowest BCUT2D eigenvalue weighted by Crippen LogP contribution is -2.00. The summed E-state index contributed by atoms with van der Waals surface area (Å²) < 4.78 is 0. The lowest BCUT2D eigenvalue weighted by Gasteiger charge is -2.19. The van der Waals surface area contributed by atoms with Crippen LogP contribution in [0.1, 0.15) is 122 Å². The van der Waals surface area contributed by atoms with Crippen LogP contribution in [0.4, 0.5) is 0 Å². The van der Waals surface area contributed by atoms with E-state index in [2.05, 4.69) is 56.3 Å². The van der Waals surface area contributed by atoms with Gasteiger partial charge < -0.3 is 0 Å². The molecule has 2 aromatic carbocycles. The van der Waals surface area contributed by atoms with Crippen molar-refractivity contribution in [1.82, 2.24) is 0 Å². The van der Waals surface area contributed by atoms with Crippen LogP contribution in [0.2, 0.25) is 0 Å². The van der Waals surface area contributed by atoms with Gasteiger partial charge >= 0.3 is 0 Å². The van der Waals surface area contributed by atoms with Gasteiger partial charge in [0.15, 0.2) is 0 Å². The third kappa shape index (κ3) is 8.38. The van der Waals surface area contributed by atoms with Crippen molar-refractivity contribution < 1.29 is 0 Å². The zero-order valence-corrected chi connectivity index (χ0v) is 18.7. The van der Waals surface area contributed by atoms with Gasteiger partial charge in [-0.05, 0) is 35.1 Å². The molecule has 0 heterocycles. The second kappa shape index (κ2) is 14.7. The molecule has 2 aromatic rings. The van der Waals surface area contributed by atoms with Gasteiger partial charge in [-0.15, -0.1) is 0 Å². The summed E-state index contributed by atoms with van der Waals surface area (Å²) in [6.07, 6.45) is 21.1. The van der Waals surface area contributed by atoms with Crippen molar-refractivity contribution in [2.24, 2.45) is 0 Å². The second-order valence-electron chi connectivity index (χ2n) is 8.73. The summed E-state index contributed by atoms with van der Waals surface area (Å²) >= 11 is 0. The Morgan fingerprint density at radius 2 is 1.07 bits per heavy atom. The molecular formula is C28H44. The standard InChI is InChI=1S/C28H44/c1-3-5-7-8-9-10-11-12-13-14-15-20-25(19-6-4-2)28-24-18-22-26-21-16-17-23-27(26)28/h16-18,21-25H,3-15,19-20H2,1-2H3. The molecule has 0 fully saturated rings. The van der Waals surface area contributed by atoms with E-state index < -0.39 is 0 Å². The summed E-state index contributed by atoms with van der Waals surface area (Å²) in [6.45, 7) is 4.62. The quantitative estimate of drug-likeness (QED) is 0.254. The minimum absolute atomic E-state index is 0.740. The third-order valence-corrected chi connectivity index (χ3v) is 6.33. The smallest absolute Gasteiger partial charge is 0.0149 e. The number of fused-ring (bicyclic) bond motifs is 1. The first kappa shape index (κ1) is 23.0. The Labute approximate surface area is 175 Å². The first-order valence-electron chi connectivity index (χ1n) is 12.3. The number of hydrogen-bond acceptors (Lipinski definition) is 0. The summed E-state index contributed by atoms with van der Waals surface area (Å²) in [6, 6.07) is 15.9. The molecule has 0 saturated heterocycles. The Morgan fingerprint density at radius 1 is 0.536 bits per heavy atom. The highest BCUT2D eigenvalue weighted by molar-refractivity contribution is 5.86. The van der Waals surface area contributed by atoms with E-state index in [1.54, 1.807) is 5.56 Å². The monoisotopic (exact) mass is 380 g/mol. The van der Waals surface area contributed by atoms with Crippen molar-refractivity contribution in [3.8, 4) is 0 Å². The first-order valence-corrected chi connectivity index (χ1v) is 12.3. The van der Waals surface area contributed by atoms with Crippen LogP contribution in [0.3, 0.4) is 0 Å². The lowest BCUT2D eigenvalue weighted by atomic mass is 9.86. The predicted molar refractivity (Wildman–Crippen MR) is 127 cm³/mol. The van der Waals surface area contributed by atoms with Crippen LogP contribution in [0, 0.1) is 0 Å². The molecule has 0 heteroatoms. The highest BCUT2D eigenvalue weighted by atomic mass is 14.2. The van der Waals surface area contributed by atoms with Crippen molar-refractivity contribution in [2.75, 3.05) is 0 Å². The largest absolute Gasteiger partial charge is 0.0654 e. The van der Waals surface area contributed by atoms with Crippen LogP contribution >= 0.6 is 0 Å². The van der Waals surface area contributed by atoms with Gasteiger partial charge in [0.05, 0.1) is 0 Å². The number of unbranched alkanes of at least 4 members (excludes halogenated alkanes) is 11. The fraction of sp³-hybridized carbons (Fsp3) is 0.643. The molecule has 0 radical (unpaired) electrons. The van der Waals surface area contributed by atoms with Gasteiger partial charge in [0.1, 0.15) is 0 Å². The third-order valence-electron chi connectivity index (χ3n) is 6.33. The van der Waals surface area contributed by atoms with E-state index in [0.29, 0.717) is 0 Å². The molecule has 0 N–H and O–H groups in total. The highest BCUT2D eigenvalue weighted by Gasteiger charge is 2.13. The van der Waals surface area contributed by atoms with E-state index in [1.165, 1.54) is 107 Å². The maximum absolute atomic E-state index is 2.39. The lowest BCUT2D eigenvalue weighted by molar-refractivity contribution is 0.497. The van der Waals surface area contributed by atoms with E-state index in [4.69, 9.17) is 0 Å². The molecule has 1 unspecified atom stereocenters. The van der Waals surface area contributed by atoms with Crippen LogP contribution in [0.15, 0.2) is 42.5 Å². The van der Waals surface area contributed by atoms with Crippen LogP contribution < -0.4 is 0 Å². The van der Waals surface area contributed by atoms with Crippen molar-refractivity contribution in [3.63, 3.8) is 0 Å². The molecule has 28 heavy (non-hydrogen) atoms. The van der Waals surface area contributed by atoms with Crippen molar-refractivity contribution in [2.45, 2.75) is 116 Å². The first-order chi connectivity index (χ1) is 13.9. The average Bonchev–Trinajstić information content (AvgIpc) is 2.74. The van der Waals surface area contributed by atoms with Gasteiger partial charge in [-0.2, -0.15) is 0 Å². The van der Waals surface area contributed by atoms with Gasteiger partial charge in [0.2, 0.25) is 0 Å². The van der Waals surface area contributed by atoms with Crippen molar-refractivity contribution >= 4 is 10.8 Å². The summed E-state index contributed by atoms with van der Waals surface area (Å²) in [4.78, 5) is 0. The predicted octanol–water partition coefficient (Wildman–Crippen LogP) is 9.81. The van der Waals surface area contributed by atoms with Gasteiger partial charge in [-0.3, -0.25) is 0 Å². The summed E-state index contributed by atoms with van der Waals surface area (Å²) in [5.74, 6) is 0.740. The molecule has 0 saturated carbocycles. The summed E-state index contributed by atoms with van der Waals surface area (Å²) in [5, 5.41) is 2.88. The maximum atomic E-state index is 2.39. The van der Waals surface area contributed by atoms with E-state index >= 15 is 0 Å². The normalized spacial score (nSPS) is 12.5. The second-order valence-corrected chi connectivity index (χ2v) is 8.73. The zero-order chi connectivity index (χ0) is 19.9. The Balaban J connectivity index is 1.71.